The van der Waals surface area contributed by atoms with Crippen LogP contribution in [0, 0.1) is 12.3 Å². The van der Waals surface area contributed by atoms with E-state index in [-0.39, 0.29) is 5.41 Å². The van der Waals surface area contributed by atoms with Crippen LogP contribution in [0.2, 0.25) is 5.02 Å². The van der Waals surface area contributed by atoms with E-state index < -0.39 is 0 Å². The van der Waals surface area contributed by atoms with Crippen molar-refractivity contribution in [1.29, 1.82) is 0 Å². The van der Waals surface area contributed by atoms with E-state index >= 15 is 0 Å². The molecule has 0 bridgehead atoms. The lowest BCUT2D eigenvalue weighted by atomic mass is 9.95. The molecule has 0 aliphatic rings. The first-order chi connectivity index (χ1) is 7.21. The second kappa shape index (κ2) is 4.76. The van der Waals surface area contributed by atoms with Crippen molar-refractivity contribution in [1.82, 2.24) is 0 Å². The zero-order valence-corrected chi connectivity index (χ0v) is 12.3. The van der Waals surface area contributed by atoms with E-state index in [0.29, 0.717) is 10.9 Å². The van der Waals surface area contributed by atoms with Crippen LogP contribution in [0.4, 0.5) is 5.69 Å². The molecule has 88 valence electrons. The summed E-state index contributed by atoms with van der Waals surface area (Å²) >= 11 is 9.51. The van der Waals surface area contributed by atoms with Crippen molar-refractivity contribution in [3.05, 3.63) is 27.2 Å². The summed E-state index contributed by atoms with van der Waals surface area (Å²) in [5.74, 6) is 0.591. The Morgan fingerprint density at radius 1 is 1.38 bits per heavy atom. The fourth-order valence-corrected chi connectivity index (χ4v) is 1.72. The number of nitrogens with zero attached hydrogens (tertiary/aromatic N) is 1. The summed E-state index contributed by atoms with van der Waals surface area (Å²) in [6, 6.07) is 3.76. The molecular weight excluding hydrogens is 288 g/mol. The number of halogens is 2. The van der Waals surface area contributed by atoms with Crippen molar-refractivity contribution in [3.8, 4) is 0 Å². The molecule has 0 unspecified atom stereocenters. The van der Waals surface area contributed by atoms with E-state index in [4.69, 9.17) is 17.3 Å². The van der Waals surface area contributed by atoms with E-state index in [2.05, 4.69) is 20.9 Å². The van der Waals surface area contributed by atoms with E-state index in [1.54, 1.807) is 0 Å². The Balaban J connectivity index is 3.21. The Labute approximate surface area is 110 Å². The van der Waals surface area contributed by atoms with E-state index in [9.17, 15) is 0 Å². The minimum atomic E-state index is -0.142. The normalized spacial score (nSPS) is 13.0. The number of hydrogen-bond donors (Lipinski definition) is 1. The van der Waals surface area contributed by atoms with Crippen molar-refractivity contribution < 1.29 is 0 Å². The largest absolute Gasteiger partial charge is 0.387 e. The first-order valence-corrected chi connectivity index (χ1v) is 6.19. The van der Waals surface area contributed by atoms with Gasteiger partial charge in [0.2, 0.25) is 0 Å². The predicted octanol–water partition coefficient (Wildman–Crippen LogP) is 4.45. The lowest BCUT2D eigenvalue weighted by Gasteiger charge is -2.17. The standard InChI is InChI=1S/C12H16BrClN2/c1-7-5-8(13)10(6-9(7)14)16-11(15)12(2,3)4/h5-6H,1-4H3,(H2,15,16). The van der Waals surface area contributed by atoms with Crippen LogP contribution in [-0.4, -0.2) is 5.84 Å². The molecule has 0 atom stereocenters. The van der Waals surface area contributed by atoms with E-state index in [1.807, 2.05) is 39.8 Å². The van der Waals surface area contributed by atoms with Gasteiger partial charge in [-0.1, -0.05) is 32.4 Å². The summed E-state index contributed by atoms with van der Waals surface area (Å²) in [6.45, 7) is 8.02. The highest BCUT2D eigenvalue weighted by Crippen LogP contribution is 2.32. The van der Waals surface area contributed by atoms with Gasteiger partial charge in [-0.25, -0.2) is 4.99 Å². The summed E-state index contributed by atoms with van der Waals surface area (Å²) in [6.07, 6.45) is 0. The second-order valence-corrected chi connectivity index (χ2v) is 6.06. The molecule has 0 heterocycles. The van der Waals surface area contributed by atoms with Gasteiger partial charge in [-0.2, -0.15) is 0 Å². The van der Waals surface area contributed by atoms with Crippen LogP contribution < -0.4 is 5.73 Å². The van der Waals surface area contributed by atoms with Gasteiger partial charge in [-0.05, 0) is 40.5 Å². The quantitative estimate of drug-likeness (QED) is 0.604. The molecule has 0 amide bonds. The first kappa shape index (κ1) is 13.5. The maximum Gasteiger partial charge on any atom is 0.105 e. The number of aliphatic imine (C=N–C) groups is 1. The minimum absolute atomic E-state index is 0.142. The van der Waals surface area contributed by atoms with Crippen molar-refractivity contribution in [2.24, 2.45) is 16.1 Å². The lowest BCUT2D eigenvalue weighted by Crippen LogP contribution is -2.28. The molecule has 0 saturated carbocycles. The zero-order valence-electron chi connectivity index (χ0n) is 9.94. The van der Waals surface area contributed by atoms with Crippen molar-refractivity contribution in [3.63, 3.8) is 0 Å². The lowest BCUT2D eigenvalue weighted by molar-refractivity contribution is 0.585. The van der Waals surface area contributed by atoms with Gasteiger partial charge in [0.05, 0.1) is 5.69 Å². The fraction of sp³-hybridized carbons (Fsp3) is 0.417. The Bertz CT molecular complexity index is 433. The number of nitrogens with two attached hydrogens (primary N) is 1. The average Bonchev–Trinajstić information content (AvgIpc) is 2.12. The van der Waals surface area contributed by atoms with Crippen LogP contribution in [0.1, 0.15) is 26.3 Å². The Morgan fingerprint density at radius 3 is 2.44 bits per heavy atom. The number of aryl methyl sites for hydroxylation is 1. The third kappa shape index (κ3) is 3.22. The van der Waals surface area contributed by atoms with Gasteiger partial charge in [0.15, 0.2) is 0 Å². The molecule has 1 rings (SSSR count). The average molecular weight is 304 g/mol. The van der Waals surface area contributed by atoms with Crippen LogP contribution in [-0.2, 0) is 0 Å². The Morgan fingerprint density at radius 2 is 1.94 bits per heavy atom. The zero-order chi connectivity index (χ0) is 12.5. The monoisotopic (exact) mass is 302 g/mol. The summed E-state index contributed by atoms with van der Waals surface area (Å²) in [7, 11) is 0. The third-order valence-corrected chi connectivity index (χ3v) is 3.28. The molecule has 2 N–H and O–H groups in total. The molecule has 16 heavy (non-hydrogen) atoms. The molecule has 4 heteroatoms. The molecule has 0 aliphatic heterocycles. The van der Waals surface area contributed by atoms with Crippen molar-refractivity contribution in [2.45, 2.75) is 27.7 Å². The molecule has 0 saturated heterocycles. The van der Waals surface area contributed by atoms with Gasteiger partial charge < -0.3 is 5.73 Å². The topological polar surface area (TPSA) is 38.4 Å². The van der Waals surface area contributed by atoms with Crippen molar-refractivity contribution >= 4 is 39.1 Å². The van der Waals surface area contributed by atoms with Crippen LogP contribution in [0.5, 0.6) is 0 Å². The summed E-state index contributed by atoms with van der Waals surface area (Å²) < 4.78 is 0.904. The minimum Gasteiger partial charge on any atom is -0.387 e. The Kier molecular flexibility index (Phi) is 4.02. The maximum atomic E-state index is 6.05. The van der Waals surface area contributed by atoms with E-state index in [0.717, 1.165) is 15.7 Å². The van der Waals surface area contributed by atoms with Gasteiger partial charge in [-0.15, -0.1) is 0 Å². The second-order valence-electron chi connectivity index (χ2n) is 4.80. The van der Waals surface area contributed by atoms with Gasteiger partial charge in [0.25, 0.3) is 0 Å². The number of rotatable bonds is 1. The van der Waals surface area contributed by atoms with Crippen LogP contribution >= 0.6 is 27.5 Å². The number of benzene rings is 1. The summed E-state index contributed by atoms with van der Waals surface area (Å²) in [5.41, 5.74) is 7.57. The Hall–Kier alpha value is -0.540. The smallest absolute Gasteiger partial charge is 0.105 e. The molecule has 0 spiro atoms. The highest BCUT2D eigenvalue weighted by atomic mass is 79.9. The first-order valence-electron chi connectivity index (χ1n) is 5.02. The van der Waals surface area contributed by atoms with Gasteiger partial charge in [0, 0.05) is 14.9 Å². The number of amidine groups is 1. The number of hydrogen-bond acceptors (Lipinski definition) is 1. The van der Waals surface area contributed by atoms with Crippen LogP contribution in [0.25, 0.3) is 0 Å². The van der Waals surface area contributed by atoms with Gasteiger partial charge in [-0.3, -0.25) is 0 Å². The fourth-order valence-electron chi connectivity index (χ4n) is 1.02. The molecule has 2 nitrogen and oxygen atoms in total. The van der Waals surface area contributed by atoms with Gasteiger partial charge >= 0.3 is 0 Å². The molecule has 0 aromatic heterocycles. The predicted molar refractivity (Wildman–Crippen MR) is 74.6 cm³/mol. The summed E-state index contributed by atoms with van der Waals surface area (Å²) in [4.78, 5) is 4.39. The molecule has 1 aromatic rings. The molecule has 1 aromatic carbocycles. The maximum absolute atomic E-state index is 6.05. The molecular formula is C12H16BrClN2. The van der Waals surface area contributed by atoms with Crippen molar-refractivity contribution in [2.75, 3.05) is 0 Å². The summed E-state index contributed by atoms with van der Waals surface area (Å²) in [5, 5.41) is 0.698. The highest BCUT2D eigenvalue weighted by Gasteiger charge is 2.16. The van der Waals surface area contributed by atoms with Crippen LogP contribution in [0.15, 0.2) is 21.6 Å². The highest BCUT2D eigenvalue weighted by molar-refractivity contribution is 9.10. The molecule has 0 aliphatic carbocycles. The van der Waals surface area contributed by atoms with E-state index in [1.165, 1.54) is 0 Å². The third-order valence-electron chi connectivity index (χ3n) is 2.24. The SMILES string of the molecule is Cc1cc(Br)c(N=C(N)C(C)(C)C)cc1Cl. The van der Waals surface area contributed by atoms with Crippen LogP contribution in [0.3, 0.4) is 0 Å². The molecule has 0 fully saturated rings. The van der Waals surface area contributed by atoms with Gasteiger partial charge in [0.1, 0.15) is 5.84 Å². The molecule has 0 radical (unpaired) electrons.